The van der Waals surface area contributed by atoms with Crippen molar-refractivity contribution >= 4 is 11.6 Å². The largest absolute Gasteiger partial charge is 0.497 e. The van der Waals surface area contributed by atoms with Crippen LogP contribution < -0.4 is 15.0 Å². The molecule has 0 spiro atoms. The fourth-order valence-corrected chi connectivity index (χ4v) is 3.05. The zero-order valence-corrected chi connectivity index (χ0v) is 15.6. The van der Waals surface area contributed by atoms with E-state index in [1.54, 1.807) is 7.11 Å². The molecular formula is C21H26N2O4. The molecule has 3 rings (SSSR count). The summed E-state index contributed by atoms with van der Waals surface area (Å²) in [6.45, 7) is 3.42. The second-order valence-corrected chi connectivity index (χ2v) is 6.54. The number of anilines is 1. The maximum Gasteiger partial charge on any atom is 0.224 e. The minimum absolute atomic E-state index is 0.121. The van der Waals surface area contributed by atoms with E-state index in [9.17, 15) is 9.90 Å². The number of hydrogen-bond acceptors (Lipinski definition) is 5. The summed E-state index contributed by atoms with van der Waals surface area (Å²) in [6, 6.07) is 15.2. The number of nitrogens with one attached hydrogen (secondary N) is 1. The molecule has 1 aliphatic heterocycles. The smallest absolute Gasteiger partial charge is 0.224 e. The summed E-state index contributed by atoms with van der Waals surface area (Å²) < 4.78 is 10.5. The number of amides is 1. The van der Waals surface area contributed by atoms with Crippen molar-refractivity contribution in [3.63, 3.8) is 0 Å². The second-order valence-electron chi connectivity index (χ2n) is 6.54. The molecule has 0 saturated carbocycles. The molecule has 1 atom stereocenters. The van der Waals surface area contributed by atoms with Crippen LogP contribution in [-0.4, -0.2) is 51.0 Å². The minimum Gasteiger partial charge on any atom is -0.497 e. The first kappa shape index (κ1) is 19.2. The number of rotatable bonds is 7. The lowest BCUT2D eigenvalue weighted by Crippen LogP contribution is -2.36. The first-order valence-electron chi connectivity index (χ1n) is 9.16. The van der Waals surface area contributed by atoms with E-state index in [0.29, 0.717) is 0 Å². The van der Waals surface area contributed by atoms with Gasteiger partial charge >= 0.3 is 0 Å². The molecule has 27 heavy (non-hydrogen) atoms. The van der Waals surface area contributed by atoms with Gasteiger partial charge in [-0.05, 0) is 35.4 Å². The molecule has 2 aromatic rings. The van der Waals surface area contributed by atoms with Gasteiger partial charge in [0.25, 0.3) is 0 Å². The van der Waals surface area contributed by atoms with Crippen LogP contribution in [0.5, 0.6) is 5.75 Å². The van der Waals surface area contributed by atoms with E-state index in [0.717, 1.165) is 48.9 Å². The van der Waals surface area contributed by atoms with Crippen molar-refractivity contribution in [2.45, 2.75) is 12.5 Å². The van der Waals surface area contributed by atoms with Crippen LogP contribution in [0.15, 0.2) is 48.5 Å². The Morgan fingerprint density at radius 3 is 2.44 bits per heavy atom. The fraction of sp³-hybridized carbons (Fsp3) is 0.381. The Labute approximate surface area is 159 Å². The van der Waals surface area contributed by atoms with E-state index in [1.807, 2.05) is 48.5 Å². The van der Waals surface area contributed by atoms with Crippen molar-refractivity contribution in [3.05, 3.63) is 59.7 Å². The summed E-state index contributed by atoms with van der Waals surface area (Å²) in [6.07, 6.45) is -0.462. The molecule has 0 aromatic heterocycles. The fourth-order valence-electron chi connectivity index (χ4n) is 3.05. The number of nitrogens with zero attached hydrogens (tertiary/aromatic N) is 1. The predicted molar refractivity (Wildman–Crippen MR) is 104 cm³/mol. The molecule has 1 amide bonds. The third-order valence-corrected chi connectivity index (χ3v) is 4.67. The molecule has 1 fully saturated rings. The van der Waals surface area contributed by atoms with E-state index in [-0.39, 0.29) is 18.9 Å². The highest BCUT2D eigenvalue weighted by Crippen LogP contribution is 2.20. The summed E-state index contributed by atoms with van der Waals surface area (Å²) >= 11 is 0. The third kappa shape index (κ3) is 5.45. The Kier molecular flexibility index (Phi) is 6.68. The van der Waals surface area contributed by atoms with Gasteiger partial charge in [0.05, 0.1) is 32.8 Å². The van der Waals surface area contributed by atoms with E-state index < -0.39 is 6.10 Å². The lowest BCUT2D eigenvalue weighted by Gasteiger charge is -2.29. The quantitative estimate of drug-likeness (QED) is 0.779. The number of aliphatic hydroxyl groups is 1. The number of morpholine rings is 1. The number of aliphatic hydroxyl groups excluding tert-OH is 1. The molecule has 1 unspecified atom stereocenters. The maximum absolute atomic E-state index is 12.1. The molecular weight excluding hydrogens is 344 g/mol. The Morgan fingerprint density at radius 1 is 1.15 bits per heavy atom. The second kappa shape index (κ2) is 9.39. The van der Waals surface area contributed by atoms with Crippen LogP contribution in [0.25, 0.3) is 0 Å². The van der Waals surface area contributed by atoms with Gasteiger partial charge in [0, 0.05) is 25.3 Å². The Bertz CT molecular complexity index is 725. The van der Waals surface area contributed by atoms with Crippen LogP contribution >= 0.6 is 0 Å². The highest BCUT2D eigenvalue weighted by molar-refractivity contribution is 5.78. The van der Waals surface area contributed by atoms with E-state index >= 15 is 0 Å². The highest BCUT2D eigenvalue weighted by atomic mass is 16.5. The first-order valence-corrected chi connectivity index (χ1v) is 9.16. The Hall–Kier alpha value is -2.57. The standard InChI is InChI=1S/C21H26N2O4/c1-26-19-8-2-16(3-9-19)14-21(25)22-15-20(24)17-4-6-18(7-5-17)23-10-12-27-13-11-23/h2-9,20,24H,10-15H2,1H3,(H,22,25). The van der Waals surface area contributed by atoms with Gasteiger partial charge in [-0.3, -0.25) is 4.79 Å². The first-order chi connectivity index (χ1) is 13.2. The van der Waals surface area contributed by atoms with Crippen LogP contribution in [-0.2, 0) is 16.0 Å². The summed E-state index contributed by atoms with van der Waals surface area (Å²) in [7, 11) is 1.61. The summed E-state index contributed by atoms with van der Waals surface area (Å²) in [5, 5.41) is 13.1. The predicted octanol–water partition coefficient (Wildman–Crippen LogP) is 1.92. The normalized spacial score (nSPS) is 15.3. The van der Waals surface area contributed by atoms with Crippen molar-refractivity contribution in [2.24, 2.45) is 0 Å². The number of carbonyl (C=O) groups is 1. The number of hydrogen-bond donors (Lipinski definition) is 2. The van der Waals surface area contributed by atoms with Crippen LogP contribution in [0.1, 0.15) is 17.2 Å². The molecule has 0 radical (unpaired) electrons. The van der Waals surface area contributed by atoms with Gasteiger partial charge in [0.15, 0.2) is 0 Å². The maximum atomic E-state index is 12.1. The minimum atomic E-state index is -0.733. The van der Waals surface area contributed by atoms with Crippen molar-refractivity contribution in [3.8, 4) is 5.75 Å². The zero-order valence-electron chi connectivity index (χ0n) is 15.6. The zero-order chi connectivity index (χ0) is 19.1. The number of methoxy groups -OCH3 is 1. The van der Waals surface area contributed by atoms with Crippen molar-refractivity contribution < 1.29 is 19.4 Å². The lowest BCUT2D eigenvalue weighted by molar-refractivity contribution is -0.120. The molecule has 6 heteroatoms. The van der Waals surface area contributed by atoms with E-state index in [2.05, 4.69) is 10.2 Å². The topological polar surface area (TPSA) is 71.0 Å². The molecule has 0 bridgehead atoms. The number of carbonyl (C=O) groups excluding carboxylic acids is 1. The highest BCUT2D eigenvalue weighted by Gasteiger charge is 2.13. The van der Waals surface area contributed by atoms with Gasteiger partial charge < -0.3 is 24.8 Å². The molecule has 144 valence electrons. The molecule has 2 aromatic carbocycles. The number of benzene rings is 2. The SMILES string of the molecule is COc1ccc(CC(=O)NCC(O)c2ccc(N3CCOCC3)cc2)cc1. The molecule has 0 aliphatic carbocycles. The van der Waals surface area contributed by atoms with Gasteiger partial charge in [0.2, 0.25) is 5.91 Å². The average molecular weight is 370 g/mol. The van der Waals surface area contributed by atoms with Gasteiger partial charge in [-0.15, -0.1) is 0 Å². The monoisotopic (exact) mass is 370 g/mol. The van der Waals surface area contributed by atoms with Gasteiger partial charge in [-0.1, -0.05) is 24.3 Å². The van der Waals surface area contributed by atoms with Crippen LogP contribution in [0.3, 0.4) is 0 Å². The van der Waals surface area contributed by atoms with Gasteiger partial charge in [0.1, 0.15) is 5.75 Å². The summed E-state index contributed by atoms with van der Waals surface area (Å²) in [4.78, 5) is 14.4. The molecule has 6 nitrogen and oxygen atoms in total. The third-order valence-electron chi connectivity index (χ3n) is 4.67. The van der Waals surface area contributed by atoms with Crippen LogP contribution in [0.4, 0.5) is 5.69 Å². The van der Waals surface area contributed by atoms with Crippen LogP contribution in [0.2, 0.25) is 0 Å². The summed E-state index contributed by atoms with van der Waals surface area (Å²) in [5.41, 5.74) is 2.81. The Morgan fingerprint density at radius 2 is 1.81 bits per heavy atom. The average Bonchev–Trinajstić information content (AvgIpc) is 2.73. The van der Waals surface area contributed by atoms with Gasteiger partial charge in [-0.2, -0.15) is 0 Å². The van der Waals surface area contributed by atoms with Crippen LogP contribution in [0, 0.1) is 0 Å². The van der Waals surface area contributed by atoms with Crippen molar-refractivity contribution in [2.75, 3.05) is 44.9 Å². The molecule has 1 aliphatic rings. The van der Waals surface area contributed by atoms with Crippen molar-refractivity contribution in [1.29, 1.82) is 0 Å². The lowest BCUT2D eigenvalue weighted by atomic mass is 10.1. The number of ether oxygens (including phenoxy) is 2. The molecule has 1 saturated heterocycles. The van der Waals surface area contributed by atoms with Crippen molar-refractivity contribution in [1.82, 2.24) is 5.32 Å². The molecule has 1 heterocycles. The summed E-state index contributed by atoms with van der Waals surface area (Å²) in [5.74, 6) is 0.638. The van der Waals surface area contributed by atoms with Gasteiger partial charge in [-0.25, -0.2) is 0 Å². The molecule has 2 N–H and O–H groups in total. The Balaban J connectivity index is 1.47. The van der Waals surface area contributed by atoms with E-state index in [4.69, 9.17) is 9.47 Å². The van der Waals surface area contributed by atoms with E-state index in [1.165, 1.54) is 0 Å².